The predicted octanol–water partition coefficient (Wildman–Crippen LogP) is 3.64. The number of allylic oxidation sites excluding steroid dienone is 1. The van der Waals surface area contributed by atoms with Crippen LogP contribution in [0.1, 0.15) is 19.4 Å². The molecule has 1 rings (SSSR count). The summed E-state index contributed by atoms with van der Waals surface area (Å²) in [6.45, 7) is 6.42. The molecule has 1 nitrogen and oxygen atoms in total. The summed E-state index contributed by atoms with van der Waals surface area (Å²) in [5.74, 6) is 1.07. The number of likely N-dealkylation sites (N-methyl/N-ethyl adjacent to an activating group) is 1. The van der Waals surface area contributed by atoms with E-state index in [0.717, 1.165) is 5.75 Å². The molecule has 0 saturated heterocycles. The van der Waals surface area contributed by atoms with Gasteiger partial charge in [0.15, 0.2) is 0 Å². The van der Waals surface area contributed by atoms with Crippen LogP contribution in [0.2, 0.25) is 0 Å². The maximum atomic E-state index is 3.32. The Morgan fingerprint density at radius 3 is 2.75 bits per heavy atom. The quantitative estimate of drug-likeness (QED) is 0.617. The van der Waals surface area contributed by atoms with E-state index in [2.05, 4.69) is 56.4 Å². The van der Waals surface area contributed by atoms with Crippen molar-refractivity contribution in [3.63, 3.8) is 0 Å². The van der Waals surface area contributed by atoms with Crippen LogP contribution < -0.4 is 5.32 Å². The smallest absolute Gasteiger partial charge is 0.0344 e. The lowest BCUT2D eigenvalue weighted by Gasteiger charge is -2.12. The molecule has 0 aliphatic rings. The Labute approximate surface area is 103 Å². The third-order valence-corrected chi connectivity index (χ3v) is 3.44. The number of hydrogen-bond donors (Lipinski definition) is 1. The number of aryl methyl sites for hydroxylation is 1. The van der Waals surface area contributed by atoms with E-state index in [4.69, 9.17) is 0 Å². The molecule has 0 saturated carbocycles. The van der Waals surface area contributed by atoms with Gasteiger partial charge in [-0.3, -0.25) is 0 Å². The molecule has 1 N–H and O–H groups in total. The summed E-state index contributed by atoms with van der Waals surface area (Å²) < 4.78 is 0. The first-order valence-corrected chi connectivity index (χ1v) is 6.62. The molecule has 16 heavy (non-hydrogen) atoms. The third-order valence-electron chi connectivity index (χ3n) is 2.32. The van der Waals surface area contributed by atoms with E-state index in [-0.39, 0.29) is 0 Å². The normalized spacial score (nSPS) is 12.2. The van der Waals surface area contributed by atoms with Crippen molar-refractivity contribution in [3.05, 3.63) is 41.5 Å². The lowest BCUT2D eigenvalue weighted by molar-refractivity contribution is 0.733. The molecular weight excluding hydrogens is 214 g/mol. The first-order valence-electron chi connectivity index (χ1n) is 5.63. The molecule has 1 aromatic rings. The molecule has 1 atom stereocenters. The van der Waals surface area contributed by atoms with Gasteiger partial charge in [-0.15, -0.1) is 11.8 Å². The van der Waals surface area contributed by atoms with E-state index in [9.17, 15) is 0 Å². The summed E-state index contributed by atoms with van der Waals surface area (Å²) in [5, 5.41) is 3.32. The highest BCUT2D eigenvalue weighted by Gasteiger charge is 2.03. The molecule has 1 aromatic carbocycles. The highest BCUT2D eigenvalue weighted by molar-refractivity contribution is 7.99. The lowest BCUT2D eigenvalue weighted by atomic mass is 10.2. The molecule has 0 radical (unpaired) electrons. The monoisotopic (exact) mass is 235 g/mol. The zero-order chi connectivity index (χ0) is 12.0. The fraction of sp³-hybridized carbons (Fsp3) is 0.429. The van der Waals surface area contributed by atoms with Gasteiger partial charge in [-0.25, -0.2) is 0 Å². The Balaban J connectivity index is 2.53. The molecule has 88 valence electrons. The van der Waals surface area contributed by atoms with Gasteiger partial charge in [-0.1, -0.05) is 29.3 Å². The van der Waals surface area contributed by atoms with Crippen molar-refractivity contribution in [2.45, 2.75) is 31.7 Å². The molecule has 0 aliphatic heterocycles. The second kappa shape index (κ2) is 6.77. The van der Waals surface area contributed by atoms with Gasteiger partial charge in [0.2, 0.25) is 0 Å². The minimum atomic E-state index is 0.454. The second-order valence-electron chi connectivity index (χ2n) is 4.27. The van der Waals surface area contributed by atoms with Crippen LogP contribution in [-0.4, -0.2) is 18.8 Å². The molecule has 0 amide bonds. The first-order chi connectivity index (χ1) is 7.61. The molecule has 0 aromatic heterocycles. The summed E-state index contributed by atoms with van der Waals surface area (Å²) in [4.78, 5) is 1.35. The van der Waals surface area contributed by atoms with Gasteiger partial charge in [-0.2, -0.15) is 0 Å². The maximum Gasteiger partial charge on any atom is 0.0344 e. The lowest BCUT2D eigenvalue weighted by Crippen LogP contribution is -2.25. The SMILES string of the molecule is CNC(C=C(C)C)CSc1cccc(C)c1. The molecule has 0 bridgehead atoms. The van der Waals surface area contributed by atoms with Crippen molar-refractivity contribution in [1.29, 1.82) is 0 Å². The number of benzene rings is 1. The van der Waals surface area contributed by atoms with Crippen molar-refractivity contribution in [1.82, 2.24) is 5.32 Å². The van der Waals surface area contributed by atoms with Crippen molar-refractivity contribution in [2.75, 3.05) is 12.8 Å². The van der Waals surface area contributed by atoms with E-state index in [1.165, 1.54) is 16.0 Å². The fourth-order valence-corrected chi connectivity index (χ4v) is 2.59. The Kier molecular flexibility index (Phi) is 5.64. The van der Waals surface area contributed by atoms with Gasteiger partial charge in [0.1, 0.15) is 0 Å². The Hall–Kier alpha value is -0.730. The number of rotatable bonds is 5. The zero-order valence-electron chi connectivity index (χ0n) is 10.6. The number of nitrogens with one attached hydrogen (secondary N) is 1. The van der Waals surface area contributed by atoms with Crippen LogP contribution in [0.3, 0.4) is 0 Å². The van der Waals surface area contributed by atoms with Crippen LogP contribution in [-0.2, 0) is 0 Å². The Bertz CT molecular complexity index is 354. The molecule has 0 spiro atoms. The fourth-order valence-electron chi connectivity index (χ4n) is 1.51. The highest BCUT2D eigenvalue weighted by atomic mass is 32.2. The van der Waals surface area contributed by atoms with Crippen LogP contribution in [0.4, 0.5) is 0 Å². The van der Waals surface area contributed by atoms with Crippen LogP contribution in [0, 0.1) is 6.92 Å². The van der Waals surface area contributed by atoms with Crippen LogP contribution in [0.5, 0.6) is 0 Å². The average Bonchev–Trinajstić information content (AvgIpc) is 2.24. The van der Waals surface area contributed by atoms with Crippen LogP contribution in [0.15, 0.2) is 40.8 Å². The number of hydrogen-bond acceptors (Lipinski definition) is 2. The van der Waals surface area contributed by atoms with Gasteiger partial charge in [0.05, 0.1) is 0 Å². The molecule has 0 fully saturated rings. The maximum absolute atomic E-state index is 3.32. The van der Waals surface area contributed by atoms with Gasteiger partial charge in [0, 0.05) is 16.7 Å². The minimum absolute atomic E-state index is 0.454. The average molecular weight is 235 g/mol. The van der Waals surface area contributed by atoms with E-state index in [1.807, 2.05) is 18.8 Å². The largest absolute Gasteiger partial charge is 0.313 e. The van der Waals surface area contributed by atoms with Crippen LogP contribution in [0.25, 0.3) is 0 Å². The third kappa shape index (κ3) is 4.86. The molecular formula is C14H21NS. The van der Waals surface area contributed by atoms with Gasteiger partial charge in [-0.05, 0) is 40.0 Å². The summed E-state index contributed by atoms with van der Waals surface area (Å²) in [7, 11) is 2.01. The van der Waals surface area contributed by atoms with Crippen molar-refractivity contribution < 1.29 is 0 Å². The van der Waals surface area contributed by atoms with E-state index in [1.54, 1.807) is 0 Å². The second-order valence-corrected chi connectivity index (χ2v) is 5.36. The zero-order valence-corrected chi connectivity index (χ0v) is 11.4. The number of thioether (sulfide) groups is 1. The summed E-state index contributed by atoms with van der Waals surface area (Å²) in [6, 6.07) is 9.12. The Morgan fingerprint density at radius 2 is 2.19 bits per heavy atom. The van der Waals surface area contributed by atoms with Crippen LogP contribution >= 0.6 is 11.8 Å². The van der Waals surface area contributed by atoms with E-state index >= 15 is 0 Å². The van der Waals surface area contributed by atoms with E-state index < -0.39 is 0 Å². The molecule has 0 heterocycles. The summed E-state index contributed by atoms with van der Waals surface area (Å²) in [6.07, 6.45) is 2.28. The van der Waals surface area contributed by atoms with Crippen molar-refractivity contribution >= 4 is 11.8 Å². The van der Waals surface area contributed by atoms with Crippen molar-refractivity contribution in [3.8, 4) is 0 Å². The van der Waals surface area contributed by atoms with Gasteiger partial charge >= 0.3 is 0 Å². The topological polar surface area (TPSA) is 12.0 Å². The predicted molar refractivity (Wildman–Crippen MR) is 74.2 cm³/mol. The summed E-state index contributed by atoms with van der Waals surface area (Å²) >= 11 is 1.90. The molecule has 1 unspecified atom stereocenters. The van der Waals surface area contributed by atoms with Gasteiger partial charge in [0.25, 0.3) is 0 Å². The highest BCUT2D eigenvalue weighted by Crippen LogP contribution is 2.20. The Morgan fingerprint density at radius 1 is 1.44 bits per heavy atom. The minimum Gasteiger partial charge on any atom is -0.313 e. The van der Waals surface area contributed by atoms with Gasteiger partial charge < -0.3 is 5.32 Å². The summed E-state index contributed by atoms with van der Waals surface area (Å²) in [5.41, 5.74) is 2.69. The van der Waals surface area contributed by atoms with Crippen molar-refractivity contribution in [2.24, 2.45) is 0 Å². The molecule has 0 aliphatic carbocycles. The van der Waals surface area contributed by atoms with E-state index in [0.29, 0.717) is 6.04 Å². The first kappa shape index (κ1) is 13.3. The molecule has 2 heteroatoms. The standard InChI is InChI=1S/C14H21NS/c1-11(2)8-13(15-4)10-16-14-7-5-6-12(3)9-14/h5-9,13,15H,10H2,1-4H3.